The van der Waals surface area contributed by atoms with Gasteiger partial charge in [-0.05, 0) is 44.4 Å². The average molecular weight is 314 g/mol. The maximum atomic E-state index is 12.8. The zero-order valence-corrected chi connectivity index (χ0v) is 13.8. The summed E-state index contributed by atoms with van der Waals surface area (Å²) in [5.74, 6) is 1.69. The van der Waals surface area contributed by atoms with Gasteiger partial charge in [0.15, 0.2) is 0 Å². The normalized spacial score (nSPS) is 17.5. The van der Waals surface area contributed by atoms with Crippen LogP contribution in [0.25, 0.3) is 0 Å². The van der Waals surface area contributed by atoms with Gasteiger partial charge in [-0.3, -0.25) is 4.79 Å². The van der Waals surface area contributed by atoms with Gasteiger partial charge in [-0.1, -0.05) is 17.3 Å². The molecule has 3 rings (SSSR count). The van der Waals surface area contributed by atoms with Gasteiger partial charge in [0.05, 0.1) is 25.3 Å². The van der Waals surface area contributed by atoms with Crippen molar-refractivity contribution in [2.75, 3.05) is 13.7 Å². The summed E-state index contributed by atoms with van der Waals surface area (Å²) in [6.45, 7) is 4.53. The Kier molecular flexibility index (Phi) is 4.37. The molecule has 2 aromatic rings. The minimum Gasteiger partial charge on any atom is -0.497 e. The quantitative estimate of drug-likeness (QED) is 0.869. The largest absolute Gasteiger partial charge is 0.497 e. The highest BCUT2D eigenvalue weighted by molar-refractivity contribution is 5.80. The van der Waals surface area contributed by atoms with Crippen molar-refractivity contribution in [2.45, 2.75) is 39.2 Å². The molecule has 0 saturated carbocycles. The predicted molar refractivity (Wildman–Crippen MR) is 86.4 cm³/mol. The number of rotatable bonds is 4. The minimum absolute atomic E-state index is 0.123. The van der Waals surface area contributed by atoms with Crippen molar-refractivity contribution >= 4 is 5.91 Å². The van der Waals surface area contributed by atoms with Crippen molar-refractivity contribution in [1.29, 1.82) is 0 Å². The van der Waals surface area contributed by atoms with Crippen molar-refractivity contribution in [3.05, 3.63) is 46.8 Å². The van der Waals surface area contributed by atoms with Crippen molar-refractivity contribution in [1.82, 2.24) is 10.1 Å². The van der Waals surface area contributed by atoms with Crippen LogP contribution in [0.15, 0.2) is 28.8 Å². The molecule has 0 spiro atoms. The molecule has 1 atom stereocenters. The molecule has 0 radical (unpaired) electrons. The first-order chi connectivity index (χ1) is 11.1. The molecule has 2 heterocycles. The van der Waals surface area contributed by atoms with Gasteiger partial charge in [0.25, 0.3) is 0 Å². The number of benzene rings is 1. The minimum atomic E-state index is 0.123. The number of carbonyl (C=O) groups excluding carboxylic acids is 1. The number of ether oxygens (including phenoxy) is 1. The molecular weight excluding hydrogens is 292 g/mol. The molecule has 0 N–H and O–H groups in total. The molecule has 1 fully saturated rings. The first-order valence-electron chi connectivity index (χ1n) is 7.95. The number of nitrogens with zero attached hydrogens (tertiary/aromatic N) is 2. The number of amides is 1. The third-order valence-corrected chi connectivity index (χ3v) is 4.56. The summed E-state index contributed by atoms with van der Waals surface area (Å²) in [6.07, 6.45) is 2.36. The number of likely N-dealkylation sites (tertiary alicyclic amines) is 1. The number of methoxy groups -OCH3 is 1. The highest BCUT2D eigenvalue weighted by Gasteiger charge is 2.31. The number of aryl methyl sites for hydroxylation is 2. The number of hydrogen-bond donors (Lipinski definition) is 0. The summed E-state index contributed by atoms with van der Waals surface area (Å²) in [7, 11) is 1.66. The molecule has 23 heavy (non-hydrogen) atoms. The Hall–Kier alpha value is -2.30. The van der Waals surface area contributed by atoms with E-state index in [1.807, 2.05) is 36.9 Å². The Morgan fingerprint density at radius 1 is 1.43 bits per heavy atom. The van der Waals surface area contributed by atoms with Crippen LogP contribution in [0.2, 0.25) is 0 Å². The van der Waals surface area contributed by atoms with Gasteiger partial charge in [0.2, 0.25) is 5.91 Å². The van der Waals surface area contributed by atoms with E-state index in [0.717, 1.165) is 47.7 Å². The summed E-state index contributed by atoms with van der Waals surface area (Å²) in [6, 6.07) is 8.11. The van der Waals surface area contributed by atoms with E-state index >= 15 is 0 Å². The van der Waals surface area contributed by atoms with Crippen molar-refractivity contribution in [3.8, 4) is 5.75 Å². The van der Waals surface area contributed by atoms with Crippen LogP contribution >= 0.6 is 0 Å². The van der Waals surface area contributed by atoms with Crippen LogP contribution in [0, 0.1) is 13.8 Å². The Balaban J connectivity index is 1.79. The van der Waals surface area contributed by atoms with E-state index in [-0.39, 0.29) is 11.9 Å². The maximum Gasteiger partial charge on any atom is 0.227 e. The number of carbonyl (C=O) groups is 1. The number of aromatic nitrogens is 1. The monoisotopic (exact) mass is 314 g/mol. The van der Waals surface area contributed by atoms with Crippen LogP contribution in [0.5, 0.6) is 5.75 Å². The molecule has 5 nitrogen and oxygen atoms in total. The molecule has 1 aromatic carbocycles. The summed E-state index contributed by atoms with van der Waals surface area (Å²) in [5.41, 5.74) is 2.84. The zero-order chi connectivity index (χ0) is 16.4. The molecular formula is C18H22N2O3. The van der Waals surface area contributed by atoms with Crippen molar-refractivity contribution < 1.29 is 14.1 Å². The molecule has 1 aromatic heterocycles. The Bertz CT molecular complexity index is 689. The molecule has 1 aliphatic rings. The Morgan fingerprint density at radius 2 is 2.26 bits per heavy atom. The topological polar surface area (TPSA) is 55.6 Å². The molecule has 1 unspecified atom stereocenters. The lowest BCUT2D eigenvalue weighted by molar-refractivity contribution is -0.131. The standard InChI is InChI=1S/C18H22N2O3/c1-12-16(13(2)23-19-12)11-18(21)20-9-5-8-17(20)14-6-4-7-15(10-14)22-3/h4,6-7,10,17H,5,8-9,11H2,1-3H3. The third kappa shape index (κ3) is 3.09. The average Bonchev–Trinajstić information content (AvgIpc) is 3.17. The van der Waals surface area contributed by atoms with E-state index in [1.54, 1.807) is 7.11 Å². The first kappa shape index (κ1) is 15.6. The maximum absolute atomic E-state index is 12.8. The van der Waals surface area contributed by atoms with E-state index in [1.165, 1.54) is 0 Å². The molecule has 1 amide bonds. The van der Waals surface area contributed by atoms with Gasteiger partial charge in [-0.2, -0.15) is 0 Å². The van der Waals surface area contributed by atoms with Crippen molar-refractivity contribution in [2.24, 2.45) is 0 Å². The second kappa shape index (κ2) is 6.44. The Morgan fingerprint density at radius 3 is 2.96 bits per heavy atom. The molecule has 1 saturated heterocycles. The molecule has 0 bridgehead atoms. The lowest BCUT2D eigenvalue weighted by atomic mass is 10.0. The zero-order valence-electron chi connectivity index (χ0n) is 13.8. The molecule has 122 valence electrons. The van der Waals surface area contributed by atoms with Crippen LogP contribution in [-0.2, 0) is 11.2 Å². The van der Waals surface area contributed by atoms with E-state index in [4.69, 9.17) is 9.26 Å². The van der Waals surface area contributed by atoms with Crippen LogP contribution in [0.4, 0.5) is 0 Å². The van der Waals surface area contributed by atoms with Gasteiger partial charge >= 0.3 is 0 Å². The highest BCUT2D eigenvalue weighted by atomic mass is 16.5. The van der Waals surface area contributed by atoms with Gasteiger partial charge < -0.3 is 14.2 Å². The van der Waals surface area contributed by atoms with E-state index in [2.05, 4.69) is 11.2 Å². The molecule has 5 heteroatoms. The van der Waals surface area contributed by atoms with Gasteiger partial charge in [0, 0.05) is 12.1 Å². The second-order valence-electron chi connectivity index (χ2n) is 6.00. The predicted octanol–water partition coefficient (Wildman–Crippen LogP) is 3.21. The smallest absolute Gasteiger partial charge is 0.227 e. The Labute approximate surface area is 136 Å². The summed E-state index contributed by atoms with van der Waals surface area (Å²) < 4.78 is 10.5. The summed E-state index contributed by atoms with van der Waals surface area (Å²) >= 11 is 0. The van der Waals surface area contributed by atoms with Crippen LogP contribution in [0.3, 0.4) is 0 Å². The van der Waals surface area contributed by atoms with Crippen molar-refractivity contribution in [3.63, 3.8) is 0 Å². The van der Waals surface area contributed by atoms with E-state index < -0.39 is 0 Å². The lowest BCUT2D eigenvalue weighted by Crippen LogP contribution is -2.32. The molecule has 1 aliphatic heterocycles. The second-order valence-corrected chi connectivity index (χ2v) is 6.00. The SMILES string of the molecule is COc1cccc(C2CCCN2C(=O)Cc2c(C)noc2C)c1. The van der Waals surface area contributed by atoms with Gasteiger partial charge in [0.1, 0.15) is 11.5 Å². The lowest BCUT2D eigenvalue weighted by Gasteiger charge is -2.25. The van der Waals surface area contributed by atoms with Crippen LogP contribution in [-0.4, -0.2) is 29.6 Å². The third-order valence-electron chi connectivity index (χ3n) is 4.56. The summed E-state index contributed by atoms with van der Waals surface area (Å²) in [5, 5.41) is 3.93. The fourth-order valence-corrected chi connectivity index (χ4v) is 3.27. The van der Waals surface area contributed by atoms with E-state index in [9.17, 15) is 4.79 Å². The van der Waals surface area contributed by atoms with Crippen LogP contribution in [0.1, 0.15) is 41.5 Å². The fourth-order valence-electron chi connectivity index (χ4n) is 3.27. The first-order valence-corrected chi connectivity index (χ1v) is 7.95. The van der Waals surface area contributed by atoms with Gasteiger partial charge in [-0.15, -0.1) is 0 Å². The molecule has 0 aliphatic carbocycles. The summed E-state index contributed by atoms with van der Waals surface area (Å²) in [4.78, 5) is 14.8. The van der Waals surface area contributed by atoms with Crippen LogP contribution < -0.4 is 4.74 Å². The number of hydrogen-bond acceptors (Lipinski definition) is 4. The van der Waals surface area contributed by atoms with Gasteiger partial charge in [-0.25, -0.2) is 0 Å². The van der Waals surface area contributed by atoms with E-state index in [0.29, 0.717) is 6.42 Å². The fraction of sp³-hybridized carbons (Fsp3) is 0.444. The highest BCUT2D eigenvalue weighted by Crippen LogP contribution is 2.34.